The number of nitrogens with one attached hydrogen (secondary N) is 1. The van der Waals surface area contributed by atoms with Gasteiger partial charge in [-0.15, -0.1) is 5.10 Å². The number of aromatic nitrogens is 3. The summed E-state index contributed by atoms with van der Waals surface area (Å²) in [6.07, 6.45) is 0. The average molecular weight is 565 g/mol. The fourth-order valence-corrected chi connectivity index (χ4v) is 4.19. The minimum atomic E-state index is -0.479. The molecular formula is C29H32N4O8. The Kier molecular flexibility index (Phi) is 9.02. The van der Waals surface area contributed by atoms with Crippen LogP contribution in [0.2, 0.25) is 0 Å². The van der Waals surface area contributed by atoms with Crippen molar-refractivity contribution in [2.75, 3.05) is 49.8 Å². The molecule has 1 N–H and O–H groups in total. The smallest absolute Gasteiger partial charge is 0.291 e. The van der Waals surface area contributed by atoms with Crippen LogP contribution in [0.1, 0.15) is 16.2 Å². The molecule has 4 aromatic rings. The Labute approximate surface area is 237 Å². The molecule has 0 aliphatic heterocycles. The van der Waals surface area contributed by atoms with Gasteiger partial charge in [0.05, 0.1) is 55.5 Å². The standard InChI is InChI=1S/C29H32N4O8/c1-35-20-10-8-17(12-22(20)37-3)16-30-29(34)27-31-28(18-13-24(39-5)26(41-7)25(14-18)40-6)33(32-27)19-9-11-21(36-2)23(15-19)38-4/h8-15H,16H2,1-7H3,(H,30,34). The van der Waals surface area contributed by atoms with Gasteiger partial charge in [0, 0.05) is 18.2 Å². The van der Waals surface area contributed by atoms with E-state index in [2.05, 4.69) is 15.4 Å². The first kappa shape index (κ1) is 28.9. The van der Waals surface area contributed by atoms with Crippen LogP contribution in [-0.4, -0.2) is 70.4 Å². The van der Waals surface area contributed by atoms with Gasteiger partial charge in [0.15, 0.2) is 40.3 Å². The Morgan fingerprint density at radius 1 is 0.683 bits per heavy atom. The summed E-state index contributed by atoms with van der Waals surface area (Å²) in [5, 5.41) is 7.42. The average Bonchev–Trinajstić information content (AvgIpc) is 3.48. The van der Waals surface area contributed by atoms with E-state index in [0.29, 0.717) is 57.3 Å². The normalized spacial score (nSPS) is 10.5. The minimum Gasteiger partial charge on any atom is -0.493 e. The van der Waals surface area contributed by atoms with E-state index in [1.165, 1.54) is 33.1 Å². The SMILES string of the molecule is COc1ccc(CNC(=O)c2nc(-c3cc(OC)c(OC)c(OC)c3)n(-c3ccc(OC)c(OC)c3)n2)cc1OC. The Bertz CT molecular complexity index is 1510. The number of rotatable bonds is 12. The van der Waals surface area contributed by atoms with Gasteiger partial charge in [-0.2, -0.15) is 0 Å². The van der Waals surface area contributed by atoms with Gasteiger partial charge in [-0.1, -0.05) is 6.07 Å². The van der Waals surface area contributed by atoms with Crippen LogP contribution >= 0.6 is 0 Å². The van der Waals surface area contributed by atoms with Crippen molar-refractivity contribution in [3.8, 4) is 57.3 Å². The molecule has 0 bridgehead atoms. The summed E-state index contributed by atoms with van der Waals surface area (Å²) >= 11 is 0. The van der Waals surface area contributed by atoms with E-state index < -0.39 is 5.91 Å². The molecule has 12 heteroatoms. The molecule has 0 saturated carbocycles. The fraction of sp³-hybridized carbons (Fsp3) is 0.276. The Morgan fingerprint density at radius 3 is 1.80 bits per heavy atom. The summed E-state index contributed by atoms with van der Waals surface area (Å²) in [7, 11) is 10.8. The van der Waals surface area contributed by atoms with Crippen LogP contribution in [-0.2, 0) is 6.54 Å². The third-order valence-electron chi connectivity index (χ3n) is 6.25. The van der Waals surface area contributed by atoms with Crippen LogP contribution < -0.4 is 38.5 Å². The van der Waals surface area contributed by atoms with Crippen molar-refractivity contribution < 1.29 is 38.0 Å². The van der Waals surface area contributed by atoms with Gasteiger partial charge >= 0.3 is 0 Å². The fourth-order valence-electron chi connectivity index (χ4n) is 4.19. The van der Waals surface area contributed by atoms with Crippen molar-refractivity contribution in [2.45, 2.75) is 6.54 Å². The second-order valence-electron chi connectivity index (χ2n) is 8.50. The third-order valence-corrected chi connectivity index (χ3v) is 6.25. The largest absolute Gasteiger partial charge is 0.493 e. The van der Waals surface area contributed by atoms with Gasteiger partial charge < -0.3 is 38.5 Å². The molecule has 1 amide bonds. The first-order valence-electron chi connectivity index (χ1n) is 12.4. The molecule has 0 fully saturated rings. The molecular weight excluding hydrogens is 532 g/mol. The van der Waals surface area contributed by atoms with E-state index in [4.69, 9.17) is 33.2 Å². The summed E-state index contributed by atoms with van der Waals surface area (Å²) in [4.78, 5) is 17.9. The lowest BCUT2D eigenvalue weighted by molar-refractivity contribution is 0.0940. The summed E-state index contributed by atoms with van der Waals surface area (Å²) in [6, 6.07) is 14.1. The van der Waals surface area contributed by atoms with Crippen LogP contribution in [0.15, 0.2) is 48.5 Å². The molecule has 0 unspecified atom stereocenters. The van der Waals surface area contributed by atoms with Gasteiger partial charge in [-0.3, -0.25) is 4.79 Å². The summed E-state index contributed by atoms with van der Waals surface area (Å²) in [5.41, 5.74) is 1.96. The zero-order valence-electron chi connectivity index (χ0n) is 23.9. The Hall–Kier alpha value is -5.13. The molecule has 0 aliphatic carbocycles. The van der Waals surface area contributed by atoms with Crippen LogP contribution in [0.5, 0.6) is 40.2 Å². The van der Waals surface area contributed by atoms with Gasteiger partial charge in [0.1, 0.15) is 0 Å². The van der Waals surface area contributed by atoms with E-state index in [1.807, 2.05) is 6.07 Å². The number of nitrogens with zero attached hydrogens (tertiary/aromatic N) is 3. The maximum Gasteiger partial charge on any atom is 0.291 e. The number of methoxy groups -OCH3 is 7. The van der Waals surface area contributed by atoms with Crippen LogP contribution in [0.3, 0.4) is 0 Å². The van der Waals surface area contributed by atoms with Gasteiger partial charge in [-0.25, -0.2) is 9.67 Å². The zero-order valence-corrected chi connectivity index (χ0v) is 23.9. The number of carbonyl (C=O) groups excluding carboxylic acids is 1. The predicted octanol–water partition coefficient (Wildman–Crippen LogP) is 3.92. The number of hydrogen-bond acceptors (Lipinski definition) is 10. The number of amides is 1. The number of carbonyl (C=O) groups is 1. The Balaban J connectivity index is 1.77. The molecule has 1 aromatic heterocycles. The van der Waals surface area contributed by atoms with E-state index in [1.54, 1.807) is 63.8 Å². The van der Waals surface area contributed by atoms with Crippen molar-refractivity contribution in [1.82, 2.24) is 20.1 Å². The van der Waals surface area contributed by atoms with Crippen LogP contribution in [0.25, 0.3) is 17.1 Å². The van der Waals surface area contributed by atoms with Crippen molar-refractivity contribution in [3.63, 3.8) is 0 Å². The number of benzene rings is 3. The molecule has 41 heavy (non-hydrogen) atoms. The van der Waals surface area contributed by atoms with E-state index in [0.717, 1.165) is 5.56 Å². The predicted molar refractivity (Wildman–Crippen MR) is 150 cm³/mol. The summed E-state index contributed by atoms with van der Waals surface area (Å²) < 4.78 is 39.6. The van der Waals surface area contributed by atoms with Gasteiger partial charge in [0.2, 0.25) is 11.6 Å². The van der Waals surface area contributed by atoms with Crippen LogP contribution in [0.4, 0.5) is 0 Å². The molecule has 0 spiro atoms. The monoisotopic (exact) mass is 564 g/mol. The highest BCUT2D eigenvalue weighted by molar-refractivity contribution is 5.91. The lowest BCUT2D eigenvalue weighted by atomic mass is 10.1. The topological polar surface area (TPSA) is 124 Å². The zero-order chi connectivity index (χ0) is 29.5. The second kappa shape index (κ2) is 12.8. The van der Waals surface area contributed by atoms with E-state index >= 15 is 0 Å². The molecule has 0 saturated heterocycles. The molecule has 0 aliphatic rings. The molecule has 3 aromatic carbocycles. The maximum absolute atomic E-state index is 13.3. The third kappa shape index (κ3) is 5.91. The summed E-state index contributed by atoms with van der Waals surface area (Å²) in [6.45, 7) is 0.212. The number of ether oxygens (including phenoxy) is 7. The van der Waals surface area contributed by atoms with Gasteiger partial charge in [-0.05, 0) is 42.0 Å². The molecule has 12 nitrogen and oxygen atoms in total. The van der Waals surface area contributed by atoms with Crippen molar-refractivity contribution in [3.05, 3.63) is 59.9 Å². The van der Waals surface area contributed by atoms with E-state index in [-0.39, 0.29) is 12.4 Å². The maximum atomic E-state index is 13.3. The number of hydrogen-bond donors (Lipinski definition) is 1. The lowest BCUT2D eigenvalue weighted by Gasteiger charge is -2.15. The first-order valence-corrected chi connectivity index (χ1v) is 12.4. The van der Waals surface area contributed by atoms with Gasteiger partial charge in [0.25, 0.3) is 5.91 Å². The molecule has 0 atom stereocenters. The van der Waals surface area contributed by atoms with Crippen molar-refractivity contribution in [2.24, 2.45) is 0 Å². The van der Waals surface area contributed by atoms with Crippen LogP contribution in [0, 0.1) is 0 Å². The molecule has 1 heterocycles. The highest BCUT2D eigenvalue weighted by Gasteiger charge is 2.23. The van der Waals surface area contributed by atoms with Crippen molar-refractivity contribution >= 4 is 5.91 Å². The first-order chi connectivity index (χ1) is 19.9. The summed E-state index contributed by atoms with van der Waals surface area (Å²) in [5.74, 6) is 3.25. The highest BCUT2D eigenvalue weighted by Crippen LogP contribution is 2.41. The van der Waals surface area contributed by atoms with Crippen molar-refractivity contribution in [1.29, 1.82) is 0 Å². The molecule has 4 rings (SSSR count). The lowest BCUT2D eigenvalue weighted by Crippen LogP contribution is -2.24. The quantitative estimate of drug-likeness (QED) is 0.271. The second-order valence-corrected chi connectivity index (χ2v) is 8.50. The Morgan fingerprint density at radius 2 is 1.24 bits per heavy atom. The minimum absolute atomic E-state index is 0.0518. The van der Waals surface area contributed by atoms with E-state index in [9.17, 15) is 4.79 Å². The highest BCUT2D eigenvalue weighted by atomic mass is 16.5. The molecule has 216 valence electrons. The molecule has 0 radical (unpaired) electrons.